The molecular formula is C9H13N5O2. The molecule has 2 rings (SSSR count). The lowest BCUT2D eigenvalue weighted by atomic mass is 10.2. The zero-order chi connectivity index (χ0) is 11.4. The number of ether oxygens (including phenoxy) is 1. The molecule has 0 aliphatic carbocycles. The Kier molecular flexibility index (Phi) is 3.28. The average Bonchev–Trinajstić information content (AvgIpc) is 2.89. The Morgan fingerprint density at radius 2 is 2.50 bits per heavy atom. The van der Waals surface area contributed by atoms with Gasteiger partial charge in [0.15, 0.2) is 5.82 Å². The predicted molar refractivity (Wildman–Crippen MR) is 54.2 cm³/mol. The monoisotopic (exact) mass is 223 g/mol. The Hall–Kier alpha value is -1.73. The minimum atomic E-state index is -0.335. The van der Waals surface area contributed by atoms with E-state index in [1.807, 2.05) is 0 Å². The van der Waals surface area contributed by atoms with Crippen LogP contribution in [0, 0.1) is 0 Å². The highest BCUT2D eigenvalue weighted by Crippen LogP contribution is 2.12. The summed E-state index contributed by atoms with van der Waals surface area (Å²) in [4.78, 5) is 11.0. The summed E-state index contributed by atoms with van der Waals surface area (Å²) in [6.07, 6.45) is 3.90. The fourth-order valence-corrected chi connectivity index (χ4v) is 1.33. The van der Waals surface area contributed by atoms with Crippen LogP contribution in [0.15, 0.2) is 17.0 Å². The molecule has 0 spiro atoms. The molecule has 2 heterocycles. The average molecular weight is 223 g/mol. The third-order valence-corrected chi connectivity index (χ3v) is 2.07. The molecule has 0 amide bonds. The van der Waals surface area contributed by atoms with E-state index in [1.54, 1.807) is 19.6 Å². The van der Waals surface area contributed by atoms with Gasteiger partial charge in [-0.3, -0.25) is 0 Å². The molecule has 2 aromatic rings. The molecule has 1 atom stereocenters. The molecule has 3 N–H and O–H groups in total. The van der Waals surface area contributed by atoms with Crippen LogP contribution in [0.2, 0.25) is 0 Å². The van der Waals surface area contributed by atoms with E-state index in [-0.39, 0.29) is 6.04 Å². The van der Waals surface area contributed by atoms with Crippen LogP contribution in [0.5, 0.6) is 0 Å². The minimum absolute atomic E-state index is 0.320. The Morgan fingerprint density at radius 1 is 1.62 bits per heavy atom. The van der Waals surface area contributed by atoms with Crippen molar-refractivity contribution in [3.8, 4) is 0 Å². The molecule has 86 valence electrons. The summed E-state index contributed by atoms with van der Waals surface area (Å²) in [5.41, 5.74) is 6.84. The molecule has 16 heavy (non-hydrogen) atoms. The topological polar surface area (TPSA) is 103 Å². The van der Waals surface area contributed by atoms with Crippen LogP contribution in [-0.2, 0) is 17.8 Å². The van der Waals surface area contributed by atoms with Gasteiger partial charge in [0.2, 0.25) is 5.89 Å². The van der Waals surface area contributed by atoms with E-state index in [0.29, 0.717) is 24.7 Å². The van der Waals surface area contributed by atoms with Crippen molar-refractivity contribution in [3.63, 3.8) is 0 Å². The molecule has 1 unspecified atom stereocenters. The Labute approximate surface area is 92.0 Å². The zero-order valence-electron chi connectivity index (χ0n) is 8.88. The van der Waals surface area contributed by atoms with E-state index >= 15 is 0 Å². The van der Waals surface area contributed by atoms with Crippen LogP contribution in [0.1, 0.15) is 23.5 Å². The maximum absolute atomic E-state index is 5.91. The summed E-state index contributed by atoms with van der Waals surface area (Å²) in [5.74, 6) is 0.902. The van der Waals surface area contributed by atoms with Gasteiger partial charge >= 0.3 is 0 Å². The van der Waals surface area contributed by atoms with Crippen molar-refractivity contribution in [1.82, 2.24) is 20.1 Å². The second-order valence-electron chi connectivity index (χ2n) is 3.37. The van der Waals surface area contributed by atoms with Gasteiger partial charge in [-0.1, -0.05) is 5.16 Å². The van der Waals surface area contributed by atoms with E-state index < -0.39 is 0 Å². The maximum atomic E-state index is 5.91. The number of hydrogen-bond acceptors (Lipinski definition) is 6. The second kappa shape index (κ2) is 4.86. The van der Waals surface area contributed by atoms with E-state index in [2.05, 4.69) is 20.1 Å². The van der Waals surface area contributed by atoms with Crippen molar-refractivity contribution in [2.24, 2.45) is 5.73 Å². The predicted octanol–water partition coefficient (Wildman–Crippen LogP) is 0.182. The second-order valence-corrected chi connectivity index (χ2v) is 3.37. The van der Waals surface area contributed by atoms with Gasteiger partial charge < -0.3 is 20.0 Å². The highest BCUT2D eigenvalue weighted by atomic mass is 16.5. The molecule has 0 saturated heterocycles. The van der Waals surface area contributed by atoms with Gasteiger partial charge in [0.1, 0.15) is 6.61 Å². The van der Waals surface area contributed by atoms with Gasteiger partial charge in [0.25, 0.3) is 0 Å². The van der Waals surface area contributed by atoms with Crippen LogP contribution >= 0.6 is 0 Å². The Bertz CT molecular complexity index is 425. The fraction of sp³-hybridized carbons (Fsp3) is 0.444. The van der Waals surface area contributed by atoms with Gasteiger partial charge in [-0.25, -0.2) is 4.98 Å². The Morgan fingerprint density at radius 3 is 3.19 bits per heavy atom. The number of nitrogens with zero attached hydrogens (tertiary/aromatic N) is 3. The summed E-state index contributed by atoms with van der Waals surface area (Å²) < 4.78 is 9.91. The minimum Gasteiger partial charge on any atom is -0.377 e. The summed E-state index contributed by atoms with van der Waals surface area (Å²) in [7, 11) is 1.57. The molecule has 0 aliphatic rings. The summed E-state index contributed by atoms with van der Waals surface area (Å²) in [6, 6.07) is -0.335. The number of H-pyrrole nitrogens is 1. The highest BCUT2D eigenvalue weighted by molar-refractivity contribution is 5.01. The summed E-state index contributed by atoms with van der Waals surface area (Å²) >= 11 is 0. The SMILES string of the molecule is COCc1noc(C(N)Cc2cnc[nH]2)n1. The van der Waals surface area contributed by atoms with Crippen molar-refractivity contribution >= 4 is 0 Å². The van der Waals surface area contributed by atoms with E-state index in [4.69, 9.17) is 15.0 Å². The number of imidazole rings is 1. The first kappa shape index (κ1) is 10.8. The van der Waals surface area contributed by atoms with Gasteiger partial charge in [0, 0.05) is 25.4 Å². The first-order valence-electron chi connectivity index (χ1n) is 4.84. The normalized spacial score (nSPS) is 12.9. The molecule has 0 aromatic carbocycles. The molecule has 0 radical (unpaired) electrons. The van der Waals surface area contributed by atoms with Crippen LogP contribution in [-0.4, -0.2) is 27.2 Å². The molecule has 0 saturated carbocycles. The van der Waals surface area contributed by atoms with Crippen molar-refractivity contribution in [3.05, 3.63) is 29.9 Å². The van der Waals surface area contributed by atoms with Crippen molar-refractivity contribution < 1.29 is 9.26 Å². The third kappa shape index (κ3) is 2.44. The molecule has 0 aliphatic heterocycles. The number of rotatable bonds is 5. The van der Waals surface area contributed by atoms with Gasteiger partial charge in [0.05, 0.1) is 12.4 Å². The number of aromatic amines is 1. The zero-order valence-corrected chi connectivity index (χ0v) is 8.88. The summed E-state index contributed by atoms with van der Waals surface area (Å²) in [5, 5.41) is 3.74. The number of aromatic nitrogens is 4. The van der Waals surface area contributed by atoms with Crippen LogP contribution in [0.25, 0.3) is 0 Å². The van der Waals surface area contributed by atoms with E-state index in [9.17, 15) is 0 Å². The number of hydrogen-bond donors (Lipinski definition) is 2. The van der Waals surface area contributed by atoms with Crippen LogP contribution in [0.4, 0.5) is 0 Å². The summed E-state index contributed by atoms with van der Waals surface area (Å²) in [6.45, 7) is 0.320. The number of methoxy groups -OCH3 is 1. The molecule has 7 heteroatoms. The van der Waals surface area contributed by atoms with E-state index in [0.717, 1.165) is 5.69 Å². The number of nitrogens with two attached hydrogens (primary N) is 1. The Balaban J connectivity index is 2.00. The number of nitrogens with one attached hydrogen (secondary N) is 1. The largest absolute Gasteiger partial charge is 0.377 e. The lowest BCUT2D eigenvalue weighted by molar-refractivity contribution is 0.174. The molecule has 0 fully saturated rings. The maximum Gasteiger partial charge on any atom is 0.244 e. The molecular weight excluding hydrogens is 210 g/mol. The molecule has 0 bridgehead atoms. The fourth-order valence-electron chi connectivity index (χ4n) is 1.33. The standard InChI is InChI=1S/C9H13N5O2/c1-15-4-8-13-9(16-14-8)7(10)2-6-3-11-5-12-6/h3,5,7H,2,4,10H2,1H3,(H,11,12). The van der Waals surface area contributed by atoms with Gasteiger partial charge in [-0.05, 0) is 0 Å². The van der Waals surface area contributed by atoms with Crippen molar-refractivity contribution in [1.29, 1.82) is 0 Å². The van der Waals surface area contributed by atoms with Gasteiger partial charge in [-0.15, -0.1) is 0 Å². The highest BCUT2D eigenvalue weighted by Gasteiger charge is 2.15. The van der Waals surface area contributed by atoms with Crippen molar-refractivity contribution in [2.75, 3.05) is 7.11 Å². The van der Waals surface area contributed by atoms with Crippen LogP contribution in [0.3, 0.4) is 0 Å². The first-order valence-corrected chi connectivity index (χ1v) is 4.84. The molecule has 7 nitrogen and oxygen atoms in total. The van der Waals surface area contributed by atoms with Crippen LogP contribution < -0.4 is 5.73 Å². The first-order chi connectivity index (χ1) is 7.79. The molecule has 2 aromatic heterocycles. The van der Waals surface area contributed by atoms with Crippen molar-refractivity contribution in [2.45, 2.75) is 19.1 Å². The third-order valence-electron chi connectivity index (χ3n) is 2.07. The quantitative estimate of drug-likeness (QED) is 0.749. The van der Waals surface area contributed by atoms with E-state index in [1.165, 1.54) is 0 Å². The lowest BCUT2D eigenvalue weighted by Crippen LogP contribution is -2.14. The van der Waals surface area contributed by atoms with Gasteiger partial charge in [-0.2, -0.15) is 4.98 Å². The smallest absolute Gasteiger partial charge is 0.244 e. The lowest BCUT2D eigenvalue weighted by Gasteiger charge is -2.03.